The van der Waals surface area contributed by atoms with Crippen molar-refractivity contribution in [3.63, 3.8) is 0 Å². The lowest BCUT2D eigenvalue weighted by molar-refractivity contribution is -0.120. The summed E-state index contributed by atoms with van der Waals surface area (Å²) >= 11 is 0. The van der Waals surface area contributed by atoms with E-state index >= 15 is 0 Å². The molecule has 5 atom stereocenters. The lowest BCUT2D eigenvalue weighted by Crippen LogP contribution is -2.26. The third-order valence-corrected chi connectivity index (χ3v) is 6.07. The molecule has 1 aromatic carbocycles. The maximum absolute atomic E-state index is 13.6. The van der Waals surface area contributed by atoms with Crippen LogP contribution in [0.15, 0.2) is 36.8 Å². The van der Waals surface area contributed by atoms with Crippen molar-refractivity contribution in [2.75, 3.05) is 5.32 Å². The molecule has 0 radical (unpaired) electrons. The van der Waals surface area contributed by atoms with E-state index in [1.54, 1.807) is 18.3 Å². The number of fused-ring (bicyclic) bond motifs is 2. The average molecular weight is 381 g/mol. The predicted molar refractivity (Wildman–Crippen MR) is 100.0 cm³/mol. The Balaban J connectivity index is 1.21. The summed E-state index contributed by atoms with van der Waals surface area (Å²) in [6.07, 6.45) is 5.02. The van der Waals surface area contributed by atoms with Gasteiger partial charge in [0, 0.05) is 17.5 Å². The second kappa shape index (κ2) is 6.54. The number of nitrogens with zero attached hydrogens (tertiary/aromatic N) is 3. The van der Waals surface area contributed by atoms with Crippen LogP contribution in [0.2, 0.25) is 0 Å². The van der Waals surface area contributed by atoms with Crippen molar-refractivity contribution in [1.82, 2.24) is 20.2 Å². The van der Waals surface area contributed by atoms with Crippen molar-refractivity contribution in [3.8, 4) is 5.75 Å². The number of nitrogens with one attached hydrogen (secondary N) is 2. The van der Waals surface area contributed by atoms with Crippen molar-refractivity contribution in [2.45, 2.75) is 25.9 Å². The van der Waals surface area contributed by atoms with Crippen LogP contribution in [-0.4, -0.2) is 32.2 Å². The lowest BCUT2D eigenvalue weighted by Gasteiger charge is -2.20. The number of carbonyl (C=O) groups excluding carboxylic acids is 1. The first kappa shape index (κ1) is 17.1. The zero-order valence-electron chi connectivity index (χ0n) is 15.3. The Labute approximate surface area is 160 Å². The Bertz CT molecular complexity index is 1010. The summed E-state index contributed by atoms with van der Waals surface area (Å²) in [7, 11) is 0. The van der Waals surface area contributed by atoms with E-state index < -0.39 is 0 Å². The van der Waals surface area contributed by atoms with E-state index in [9.17, 15) is 9.18 Å². The van der Waals surface area contributed by atoms with Crippen molar-refractivity contribution in [2.24, 2.45) is 23.7 Å². The molecule has 7 nitrogen and oxygen atoms in total. The number of carbonyl (C=O) groups is 1. The Hall–Kier alpha value is -3.03. The molecule has 3 aromatic rings. The van der Waals surface area contributed by atoms with Gasteiger partial charge in [-0.2, -0.15) is 0 Å². The van der Waals surface area contributed by atoms with E-state index in [0.717, 1.165) is 18.4 Å². The standard InChI is InChI=1S/C20H20FN5O2/c1-10(19(27)25-20-23-9-24-26-20)18-13-7-12(8-14(13)18)28-17-4-5-22-16-3-2-11(21)6-15(16)17/h2-6,9-10,12-14,18H,7-8H2,1H3,(H2,23,24,25,26,27)/t10?,12-,13-,14+,18+. The summed E-state index contributed by atoms with van der Waals surface area (Å²) in [5.74, 6) is 1.88. The summed E-state index contributed by atoms with van der Waals surface area (Å²) in [5, 5.41) is 9.88. The molecule has 2 aromatic heterocycles. The third kappa shape index (κ3) is 2.98. The first-order valence-electron chi connectivity index (χ1n) is 9.47. The Morgan fingerprint density at radius 3 is 2.86 bits per heavy atom. The van der Waals surface area contributed by atoms with Gasteiger partial charge in [-0.25, -0.2) is 9.37 Å². The van der Waals surface area contributed by atoms with Crippen LogP contribution in [-0.2, 0) is 4.79 Å². The van der Waals surface area contributed by atoms with Gasteiger partial charge in [-0.3, -0.25) is 20.2 Å². The smallest absolute Gasteiger partial charge is 0.248 e. The highest BCUT2D eigenvalue weighted by molar-refractivity contribution is 5.91. The topological polar surface area (TPSA) is 92.8 Å². The first-order chi connectivity index (χ1) is 13.6. The van der Waals surface area contributed by atoms with Crippen LogP contribution in [0.5, 0.6) is 5.75 Å². The van der Waals surface area contributed by atoms with Gasteiger partial charge in [-0.05, 0) is 54.9 Å². The largest absolute Gasteiger partial charge is 0.490 e. The Morgan fingerprint density at radius 1 is 1.29 bits per heavy atom. The van der Waals surface area contributed by atoms with Crippen LogP contribution in [0.4, 0.5) is 10.3 Å². The zero-order valence-corrected chi connectivity index (χ0v) is 15.3. The summed E-state index contributed by atoms with van der Waals surface area (Å²) in [4.78, 5) is 20.6. The number of ether oxygens (including phenoxy) is 1. The minimum Gasteiger partial charge on any atom is -0.490 e. The summed E-state index contributed by atoms with van der Waals surface area (Å²) in [6.45, 7) is 1.96. The van der Waals surface area contributed by atoms with Gasteiger partial charge in [0.05, 0.1) is 11.6 Å². The van der Waals surface area contributed by atoms with E-state index in [1.165, 1.54) is 18.5 Å². The molecule has 8 heteroatoms. The van der Waals surface area contributed by atoms with Crippen LogP contribution in [0, 0.1) is 29.5 Å². The van der Waals surface area contributed by atoms with Crippen LogP contribution < -0.4 is 10.1 Å². The molecule has 2 saturated carbocycles. The van der Waals surface area contributed by atoms with Gasteiger partial charge in [0.1, 0.15) is 17.9 Å². The first-order valence-corrected chi connectivity index (χ1v) is 9.47. The summed E-state index contributed by atoms with van der Waals surface area (Å²) in [6, 6.07) is 6.31. The summed E-state index contributed by atoms with van der Waals surface area (Å²) < 4.78 is 19.8. The second-order valence-corrected chi connectivity index (χ2v) is 7.69. The van der Waals surface area contributed by atoms with Crippen LogP contribution in [0.25, 0.3) is 10.9 Å². The van der Waals surface area contributed by atoms with Crippen LogP contribution in [0.3, 0.4) is 0 Å². The molecule has 2 N–H and O–H groups in total. The molecule has 0 spiro atoms. The van der Waals surface area contributed by atoms with Crippen molar-refractivity contribution in [1.29, 1.82) is 0 Å². The minimum atomic E-state index is -0.300. The predicted octanol–water partition coefficient (Wildman–Crippen LogP) is 3.17. The Kier molecular flexibility index (Phi) is 3.99. The number of anilines is 1. The fourth-order valence-electron chi connectivity index (χ4n) is 4.72. The van der Waals surface area contributed by atoms with Gasteiger partial charge < -0.3 is 4.74 Å². The second-order valence-electron chi connectivity index (χ2n) is 7.69. The van der Waals surface area contributed by atoms with Crippen LogP contribution in [0.1, 0.15) is 19.8 Å². The van der Waals surface area contributed by atoms with E-state index in [0.29, 0.717) is 34.8 Å². The molecule has 0 saturated heterocycles. The quantitative estimate of drug-likeness (QED) is 0.708. The molecule has 1 unspecified atom stereocenters. The van der Waals surface area contributed by atoms with Gasteiger partial charge in [0.2, 0.25) is 11.9 Å². The molecule has 2 fully saturated rings. The molecule has 144 valence electrons. The number of aromatic nitrogens is 4. The maximum atomic E-state index is 13.6. The molecule has 0 bridgehead atoms. The van der Waals surface area contributed by atoms with E-state index in [2.05, 4.69) is 25.5 Å². The van der Waals surface area contributed by atoms with E-state index in [1.807, 2.05) is 6.92 Å². The van der Waals surface area contributed by atoms with Gasteiger partial charge in [0.15, 0.2) is 0 Å². The normalized spacial score (nSPS) is 26.6. The van der Waals surface area contributed by atoms with Gasteiger partial charge >= 0.3 is 0 Å². The molecule has 28 heavy (non-hydrogen) atoms. The molecule has 2 heterocycles. The fourth-order valence-corrected chi connectivity index (χ4v) is 4.72. The third-order valence-electron chi connectivity index (χ3n) is 6.07. The number of H-pyrrole nitrogens is 1. The molecule has 2 aliphatic rings. The molecule has 0 aliphatic heterocycles. The fraction of sp³-hybridized carbons (Fsp3) is 0.400. The molecule has 5 rings (SSSR count). The Morgan fingerprint density at radius 2 is 2.11 bits per heavy atom. The van der Waals surface area contributed by atoms with Crippen LogP contribution >= 0.6 is 0 Å². The van der Waals surface area contributed by atoms with Crippen molar-refractivity contribution >= 4 is 22.8 Å². The number of aromatic amines is 1. The number of amides is 1. The number of halogens is 1. The molecule has 2 aliphatic carbocycles. The molecule has 1 amide bonds. The van der Waals surface area contributed by atoms with Gasteiger partial charge in [-0.15, -0.1) is 5.10 Å². The monoisotopic (exact) mass is 381 g/mol. The minimum absolute atomic E-state index is 0.0490. The van der Waals surface area contributed by atoms with Crippen molar-refractivity contribution in [3.05, 3.63) is 42.6 Å². The molecular weight excluding hydrogens is 361 g/mol. The highest BCUT2D eigenvalue weighted by Crippen LogP contribution is 2.61. The highest BCUT2D eigenvalue weighted by Gasteiger charge is 2.59. The maximum Gasteiger partial charge on any atom is 0.248 e. The van der Waals surface area contributed by atoms with Gasteiger partial charge in [-0.1, -0.05) is 6.92 Å². The number of hydrogen-bond acceptors (Lipinski definition) is 5. The number of benzene rings is 1. The average Bonchev–Trinajstić information content (AvgIpc) is 3.04. The number of rotatable bonds is 5. The molecular formula is C20H20FN5O2. The number of hydrogen-bond donors (Lipinski definition) is 2. The summed E-state index contributed by atoms with van der Waals surface area (Å²) in [5.41, 5.74) is 0.720. The van der Waals surface area contributed by atoms with Gasteiger partial charge in [0.25, 0.3) is 0 Å². The zero-order chi connectivity index (χ0) is 19.3. The van der Waals surface area contributed by atoms with Crippen molar-refractivity contribution < 1.29 is 13.9 Å². The van der Waals surface area contributed by atoms with E-state index in [-0.39, 0.29) is 23.7 Å². The van der Waals surface area contributed by atoms with E-state index in [4.69, 9.17) is 4.74 Å². The highest BCUT2D eigenvalue weighted by atomic mass is 19.1. The number of pyridine rings is 1. The SMILES string of the molecule is CC(C(=O)Nc1nc[nH]n1)[C@H]1[C@@H]2C[C@@H](Oc3ccnc4ccc(F)cc34)C[C@@H]21. The lowest BCUT2D eigenvalue weighted by atomic mass is 9.97.